The number of nitriles is 1. The van der Waals surface area contributed by atoms with Crippen molar-refractivity contribution in [3.05, 3.63) is 39.7 Å². The van der Waals surface area contributed by atoms with Crippen LogP contribution in [0.4, 0.5) is 0 Å². The van der Waals surface area contributed by atoms with Crippen LogP contribution in [0.5, 0.6) is 5.75 Å². The second-order valence-corrected chi connectivity index (χ2v) is 7.36. The van der Waals surface area contributed by atoms with Crippen molar-refractivity contribution < 1.29 is 4.74 Å². The van der Waals surface area contributed by atoms with Crippen molar-refractivity contribution in [2.45, 2.75) is 37.9 Å². The fourth-order valence-electron chi connectivity index (χ4n) is 3.25. The first-order valence-corrected chi connectivity index (χ1v) is 10.5. The summed E-state index contributed by atoms with van der Waals surface area (Å²) in [5.74, 6) is 0.862. The fraction of sp³-hybridized carbons (Fsp3) is 0.450. The Morgan fingerprint density at radius 1 is 1.37 bits per heavy atom. The first-order valence-electron chi connectivity index (χ1n) is 9.23. The zero-order valence-electron chi connectivity index (χ0n) is 15.7. The van der Waals surface area contributed by atoms with Gasteiger partial charge in [-0.15, -0.1) is 0 Å². The van der Waals surface area contributed by atoms with Gasteiger partial charge >= 0.3 is 0 Å². The first-order chi connectivity index (χ1) is 13.2. The lowest BCUT2D eigenvalue weighted by molar-refractivity contribution is 0.294. The molecule has 0 radical (unpaired) electrons. The topological polar surface area (TPSA) is 82.0 Å². The van der Waals surface area contributed by atoms with E-state index in [1.165, 1.54) is 24.6 Å². The maximum absolute atomic E-state index is 12.2. The second kappa shape index (κ2) is 9.07. The molecule has 2 heterocycles. The van der Waals surface area contributed by atoms with Gasteiger partial charge in [0.05, 0.1) is 12.3 Å². The lowest BCUT2D eigenvalue weighted by atomic mass is 10.0. The van der Waals surface area contributed by atoms with Crippen molar-refractivity contribution in [2.75, 3.05) is 26.0 Å². The molecule has 0 aliphatic carbocycles. The Morgan fingerprint density at radius 3 is 2.81 bits per heavy atom. The molecule has 0 amide bonds. The van der Waals surface area contributed by atoms with Crippen LogP contribution in [0.3, 0.4) is 0 Å². The molecular formula is C20H24N4O2S. The third kappa shape index (κ3) is 4.52. The maximum Gasteiger partial charge on any atom is 0.270 e. The minimum Gasteiger partial charge on any atom is -0.493 e. The van der Waals surface area contributed by atoms with Gasteiger partial charge in [-0.3, -0.25) is 9.69 Å². The smallest absolute Gasteiger partial charge is 0.270 e. The fourth-order valence-corrected chi connectivity index (χ4v) is 3.62. The van der Waals surface area contributed by atoms with Gasteiger partial charge in [0, 0.05) is 17.7 Å². The molecule has 0 bridgehead atoms. The van der Waals surface area contributed by atoms with Crippen LogP contribution in [0.15, 0.2) is 28.2 Å². The molecule has 1 aromatic carbocycles. The van der Waals surface area contributed by atoms with E-state index >= 15 is 0 Å². The average molecular weight is 385 g/mol. The summed E-state index contributed by atoms with van der Waals surface area (Å²) in [5, 5.41) is 9.95. The number of rotatable bonds is 7. The van der Waals surface area contributed by atoms with Gasteiger partial charge in [0.15, 0.2) is 5.16 Å². The van der Waals surface area contributed by atoms with E-state index < -0.39 is 5.56 Å². The number of likely N-dealkylation sites (tertiary alicyclic amines) is 1. The van der Waals surface area contributed by atoms with Crippen molar-refractivity contribution >= 4 is 11.8 Å². The number of aromatic nitrogens is 2. The van der Waals surface area contributed by atoms with Crippen molar-refractivity contribution in [3.63, 3.8) is 0 Å². The van der Waals surface area contributed by atoms with E-state index in [9.17, 15) is 10.1 Å². The van der Waals surface area contributed by atoms with E-state index in [1.807, 2.05) is 30.5 Å². The van der Waals surface area contributed by atoms with Gasteiger partial charge in [-0.2, -0.15) is 5.26 Å². The predicted molar refractivity (Wildman–Crippen MR) is 107 cm³/mol. The molecule has 0 saturated carbocycles. The first kappa shape index (κ1) is 19.5. The summed E-state index contributed by atoms with van der Waals surface area (Å²) in [7, 11) is 0. The third-order valence-corrected chi connectivity index (χ3v) is 5.17. The predicted octanol–water partition coefficient (Wildman–Crippen LogP) is 3.42. The zero-order valence-corrected chi connectivity index (χ0v) is 16.6. The number of hydrogen-bond acceptors (Lipinski definition) is 6. The van der Waals surface area contributed by atoms with Crippen molar-refractivity contribution in [3.8, 4) is 23.1 Å². The monoisotopic (exact) mass is 384 g/mol. The molecule has 6 nitrogen and oxygen atoms in total. The summed E-state index contributed by atoms with van der Waals surface area (Å²) in [6, 6.07) is 7.82. The summed E-state index contributed by atoms with van der Waals surface area (Å²) in [5.41, 5.74) is 1.90. The number of H-pyrrole nitrogens is 1. The van der Waals surface area contributed by atoms with Gasteiger partial charge < -0.3 is 9.72 Å². The molecule has 1 aromatic heterocycles. The van der Waals surface area contributed by atoms with Crippen LogP contribution < -0.4 is 10.3 Å². The summed E-state index contributed by atoms with van der Waals surface area (Å²) >= 11 is 1.35. The van der Waals surface area contributed by atoms with Gasteiger partial charge in [0.25, 0.3) is 5.56 Å². The Labute approximate surface area is 163 Å². The van der Waals surface area contributed by atoms with E-state index in [4.69, 9.17) is 4.74 Å². The molecule has 0 spiro atoms. The van der Waals surface area contributed by atoms with E-state index in [1.54, 1.807) is 0 Å². The molecule has 1 aliphatic rings. The van der Waals surface area contributed by atoms with Crippen LogP contribution in [0.1, 0.15) is 37.3 Å². The normalized spacial score (nSPS) is 14.3. The quantitative estimate of drug-likeness (QED) is 0.582. The van der Waals surface area contributed by atoms with Gasteiger partial charge in [-0.05, 0) is 56.8 Å². The summed E-state index contributed by atoms with van der Waals surface area (Å²) in [6.07, 6.45) is 5.22. The average Bonchev–Trinajstić information content (AvgIpc) is 3.19. The Morgan fingerprint density at radius 2 is 2.15 bits per heavy atom. The van der Waals surface area contributed by atoms with Gasteiger partial charge in [-0.25, -0.2) is 4.98 Å². The molecule has 1 aliphatic heterocycles. The molecule has 1 N–H and O–H groups in total. The SMILES string of the molecule is CCCOc1ccc(-c2nc(SC)[nH]c(=O)c2C#N)cc1CN1CCCC1. The van der Waals surface area contributed by atoms with Crippen LogP contribution in [-0.4, -0.2) is 40.8 Å². The summed E-state index contributed by atoms with van der Waals surface area (Å²) in [6.45, 7) is 5.71. The maximum atomic E-state index is 12.2. The highest BCUT2D eigenvalue weighted by molar-refractivity contribution is 7.98. The summed E-state index contributed by atoms with van der Waals surface area (Å²) < 4.78 is 5.93. The third-order valence-electron chi connectivity index (χ3n) is 4.59. The van der Waals surface area contributed by atoms with Gasteiger partial charge in [-0.1, -0.05) is 18.7 Å². The lowest BCUT2D eigenvalue weighted by Gasteiger charge is -2.19. The van der Waals surface area contributed by atoms with Crippen molar-refractivity contribution in [1.82, 2.24) is 14.9 Å². The molecule has 1 saturated heterocycles. The number of hydrogen-bond donors (Lipinski definition) is 1. The van der Waals surface area contributed by atoms with Crippen LogP contribution >= 0.6 is 11.8 Å². The highest BCUT2D eigenvalue weighted by Gasteiger charge is 2.18. The second-order valence-electron chi connectivity index (χ2n) is 6.56. The Balaban J connectivity index is 2.04. The minimum atomic E-state index is -0.403. The van der Waals surface area contributed by atoms with Crippen molar-refractivity contribution in [1.29, 1.82) is 5.26 Å². The Bertz CT molecular complexity index is 898. The number of thioether (sulfide) groups is 1. The molecular weight excluding hydrogens is 360 g/mol. The van der Waals surface area contributed by atoms with E-state index in [-0.39, 0.29) is 5.56 Å². The van der Waals surface area contributed by atoms with Gasteiger partial charge in [0.1, 0.15) is 17.4 Å². The molecule has 2 aromatic rings. The highest BCUT2D eigenvalue weighted by Crippen LogP contribution is 2.29. The number of nitrogens with zero attached hydrogens (tertiary/aromatic N) is 3. The lowest BCUT2D eigenvalue weighted by Crippen LogP contribution is -2.19. The number of aromatic amines is 1. The number of ether oxygens (including phenoxy) is 1. The molecule has 1 fully saturated rings. The highest BCUT2D eigenvalue weighted by atomic mass is 32.2. The van der Waals surface area contributed by atoms with E-state index in [2.05, 4.69) is 21.8 Å². The van der Waals surface area contributed by atoms with Crippen LogP contribution in [0.2, 0.25) is 0 Å². The number of nitrogens with one attached hydrogen (secondary N) is 1. The van der Waals surface area contributed by atoms with E-state index in [0.717, 1.165) is 42.9 Å². The molecule has 7 heteroatoms. The molecule has 142 valence electrons. The number of benzene rings is 1. The molecule has 0 unspecified atom stereocenters. The zero-order chi connectivity index (χ0) is 19.2. The Hall–Kier alpha value is -2.30. The largest absolute Gasteiger partial charge is 0.493 e. The van der Waals surface area contributed by atoms with Crippen molar-refractivity contribution in [2.24, 2.45) is 0 Å². The molecule has 3 rings (SSSR count). The summed E-state index contributed by atoms with van der Waals surface area (Å²) in [4.78, 5) is 21.8. The van der Waals surface area contributed by atoms with Gasteiger partial charge in [0.2, 0.25) is 0 Å². The standard InChI is InChI=1S/C20H24N4O2S/c1-3-10-26-17-7-6-14(11-15(17)13-24-8-4-5-9-24)18-16(12-21)19(25)23-20(22-18)27-2/h6-7,11H,3-5,8-10,13H2,1-2H3,(H,22,23,25). The molecule has 0 atom stereocenters. The molecule has 27 heavy (non-hydrogen) atoms. The van der Waals surface area contributed by atoms with E-state index in [0.29, 0.717) is 17.5 Å². The van der Waals surface area contributed by atoms with Crippen LogP contribution in [0, 0.1) is 11.3 Å². The van der Waals surface area contributed by atoms with Crippen LogP contribution in [0.25, 0.3) is 11.3 Å². The van der Waals surface area contributed by atoms with Crippen LogP contribution in [-0.2, 0) is 6.54 Å². The Kier molecular flexibility index (Phi) is 6.54. The minimum absolute atomic E-state index is 0.0437.